The van der Waals surface area contributed by atoms with Crippen molar-refractivity contribution >= 4 is 0 Å². The molecule has 2 aromatic heterocycles. The Hall–Kier alpha value is -1.75. The summed E-state index contributed by atoms with van der Waals surface area (Å²) >= 11 is 0. The summed E-state index contributed by atoms with van der Waals surface area (Å²) in [5.74, 6) is 1.19. The summed E-state index contributed by atoms with van der Waals surface area (Å²) in [5.41, 5.74) is 0.903. The van der Waals surface area contributed by atoms with E-state index in [2.05, 4.69) is 20.5 Å². The number of aromatic nitrogens is 3. The number of rotatable bonds is 4. The average molecular weight is 216 g/mol. The number of hydrogen-bond acceptors (Lipinski definition) is 5. The van der Waals surface area contributed by atoms with Crippen LogP contribution in [-0.2, 0) is 6.54 Å². The van der Waals surface area contributed by atoms with Gasteiger partial charge >= 0.3 is 0 Å². The van der Waals surface area contributed by atoms with E-state index < -0.39 is 0 Å². The molecule has 1 fully saturated rings. The van der Waals surface area contributed by atoms with E-state index in [0.29, 0.717) is 24.4 Å². The summed E-state index contributed by atoms with van der Waals surface area (Å²) in [6.07, 6.45) is 5.93. The fraction of sp³-hybridized carbons (Fsp3) is 0.364. The maximum absolute atomic E-state index is 5.54. The van der Waals surface area contributed by atoms with Crippen LogP contribution >= 0.6 is 0 Å². The molecule has 5 heteroatoms. The number of pyridine rings is 1. The molecule has 0 aromatic carbocycles. The highest BCUT2D eigenvalue weighted by molar-refractivity contribution is 5.50. The molecule has 0 unspecified atom stereocenters. The SMILES string of the molecule is c1cc(-c2nnc(CNC3CC3)o2)ccn1. The Kier molecular flexibility index (Phi) is 2.38. The maximum atomic E-state index is 5.54. The summed E-state index contributed by atoms with van der Waals surface area (Å²) in [6.45, 7) is 0.656. The Bertz CT molecular complexity index is 464. The average Bonchev–Trinajstić information content (AvgIpc) is 3.05. The lowest BCUT2D eigenvalue weighted by Crippen LogP contribution is -2.15. The molecule has 0 aliphatic heterocycles. The fourth-order valence-electron chi connectivity index (χ4n) is 1.46. The first kappa shape index (κ1) is 9.47. The third kappa shape index (κ3) is 2.09. The highest BCUT2D eigenvalue weighted by Gasteiger charge is 2.21. The first-order valence-electron chi connectivity index (χ1n) is 5.38. The van der Waals surface area contributed by atoms with Gasteiger partial charge in [-0.3, -0.25) is 4.98 Å². The van der Waals surface area contributed by atoms with Gasteiger partial charge in [0.1, 0.15) is 0 Å². The predicted octanol–water partition coefficient (Wildman–Crippen LogP) is 1.38. The summed E-state index contributed by atoms with van der Waals surface area (Å²) in [4.78, 5) is 3.94. The normalized spacial score (nSPS) is 15.2. The minimum atomic E-state index is 0.551. The van der Waals surface area contributed by atoms with E-state index in [9.17, 15) is 0 Å². The van der Waals surface area contributed by atoms with Gasteiger partial charge in [0.15, 0.2) is 0 Å². The van der Waals surface area contributed by atoms with Gasteiger partial charge in [-0.15, -0.1) is 10.2 Å². The van der Waals surface area contributed by atoms with Crippen LogP contribution in [0, 0.1) is 0 Å². The Morgan fingerprint density at radius 3 is 2.81 bits per heavy atom. The van der Waals surface area contributed by atoms with Crippen LogP contribution in [0.15, 0.2) is 28.9 Å². The topological polar surface area (TPSA) is 63.8 Å². The quantitative estimate of drug-likeness (QED) is 0.836. The highest BCUT2D eigenvalue weighted by Crippen LogP contribution is 2.20. The number of nitrogens with one attached hydrogen (secondary N) is 1. The summed E-state index contributed by atoms with van der Waals surface area (Å²) in [5, 5.41) is 11.3. The minimum Gasteiger partial charge on any atom is -0.419 e. The van der Waals surface area contributed by atoms with Gasteiger partial charge in [0, 0.05) is 24.0 Å². The molecule has 1 saturated carbocycles. The third-order valence-corrected chi connectivity index (χ3v) is 2.51. The molecule has 5 nitrogen and oxygen atoms in total. The second-order valence-electron chi connectivity index (χ2n) is 3.89. The molecule has 1 aliphatic carbocycles. The molecular weight excluding hydrogens is 204 g/mol. The number of hydrogen-bond donors (Lipinski definition) is 1. The van der Waals surface area contributed by atoms with Crippen LogP contribution in [0.1, 0.15) is 18.7 Å². The van der Waals surface area contributed by atoms with Crippen molar-refractivity contribution in [3.63, 3.8) is 0 Å². The van der Waals surface area contributed by atoms with E-state index in [1.54, 1.807) is 12.4 Å². The summed E-state index contributed by atoms with van der Waals surface area (Å²) < 4.78 is 5.54. The standard InChI is InChI=1S/C11H12N4O/c1-2-9(1)13-7-10-14-15-11(16-10)8-3-5-12-6-4-8/h3-6,9,13H,1-2,7H2. The van der Waals surface area contributed by atoms with Crippen molar-refractivity contribution in [1.29, 1.82) is 0 Å². The molecule has 0 radical (unpaired) electrons. The van der Waals surface area contributed by atoms with Gasteiger partial charge in [-0.2, -0.15) is 0 Å². The monoisotopic (exact) mass is 216 g/mol. The predicted molar refractivity (Wildman–Crippen MR) is 57.4 cm³/mol. The second kappa shape index (κ2) is 4.02. The van der Waals surface area contributed by atoms with Crippen LogP contribution in [0.25, 0.3) is 11.5 Å². The van der Waals surface area contributed by atoms with Crippen LogP contribution in [0.3, 0.4) is 0 Å². The van der Waals surface area contributed by atoms with E-state index >= 15 is 0 Å². The Morgan fingerprint density at radius 2 is 2.06 bits per heavy atom. The third-order valence-electron chi connectivity index (χ3n) is 2.51. The second-order valence-corrected chi connectivity index (χ2v) is 3.89. The minimum absolute atomic E-state index is 0.551. The lowest BCUT2D eigenvalue weighted by atomic mass is 10.3. The molecule has 3 rings (SSSR count). The van der Waals surface area contributed by atoms with Gasteiger partial charge in [-0.1, -0.05) is 0 Å². The number of nitrogens with zero attached hydrogens (tertiary/aromatic N) is 3. The van der Waals surface area contributed by atoms with E-state index in [0.717, 1.165) is 5.56 Å². The van der Waals surface area contributed by atoms with E-state index in [1.807, 2.05) is 12.1 Å². The molecule has 16 heavy (non-hydrogen) atoms. The largest absolute Gasteiger partial charge is 0.419 e. The van der Waals surface area contributed by atoms with Gasteiger partial charge in [-0.05, 0) is 25.0 Å². The Morgan fingerprint density at radius 1 is 1.25 bits per heavy atom. The van der Waals surface area contributed by atoms with E-state index in [1.165, 1.54) is 12.8 Å². The first-order valence-corrected chi connectivity index (χ1v) is 5.38. The van der Waals surface area contributed by atoms with Crippen molar-refractivity contribution < 1.29 is 4.42 Å². The lowest BCUT2D eigenvalue weighted by molar-refractivity contribution is 0.476. The van der Waals surface area contributed by atoms with Gasteiger partial charge in [0.25, 0.3) is 0 Å². The van der Waals surface area contributed by atoms with Crippen LogP contribution < -0.4 is 5.32 Å². The van der Waals surface area contributed by atoms with E-state index in [-0.39, 0.29) is 0 Å². The fourth-order valence-corrected chi connectivity index (χ4v) is 1.46. The zero-order valence-electron chi connectivity index (χ0n) is 8.76. The van der Waals surface area contributed by atoms with Crippen molar-refractivity contribution in [2.24, 2.45) is 0 Å². The van der Waals surface area contributed by atoms with Crippen molar-refractivity contribution in [2.45, 2.75) is 25.4 Å². The molecule has 1 aliphatic rings. The van der Waals surface area contributed by atoms with Crippen molar-refractivity contribution in [2.75, 3.05) is 0 Å². The van der Waals surface area contributed by atoms with Crippen LogP contribution in [-0.4, -0.2) is 21.2 Å². The summed E-state index contributed by atoms with van der Waals surface area (Å²) in [7, 11) is 0. The molecule has 0 saturated heterocycles. The van der Waals surface area contributed by atoms with Crippen LogP contribution in [0.4, 0.5) is 0 Å². The van der Waals surface area contributed by atoms with Crippen LogP contribution in [0.5, 0.6) is 0 Å². The molecule has 0 bridgehead atoms. The molecule has 2 heterocycles. The van der Waals surface area contributed by atoms with Gasteiger partial charge in [-0.25, -0.2) is 0 Å². The van der Waals surface area contributed by atoms with Gasteiger partial charge in [0.2, 0.25) is 11.8 Å². The molecule has 2 aromatic rings. The summed E-state index contributed by atoms with van der Waals surface area (Å²) in [6, 6.07) is 4.35. The maximum Gasteiger partial charge on any atom is 0.247 e. The molecule has 0 spiro atoms. The first-order chi connectivity index (χ1) is 7.92. The molecule has 1 N–H and O–H groups in total. The van der Waals surface area contributed by atoms with E-state index in [4.69, 9.17) is 4.42 Å². The van der Waals surface area contributed by atoms with Crippen molar-refractivity contribution in [3.8, 4) is 11.5 Å². The Balaban J connectivity index is 1.71. The highest BCUT2D eigenvalue weighted by atomic mass is 16.4. The lowest BCUT2D eigenvalue weighted by Gasteiger charge is -1.95. The molecule has 0 atom stereocenters. The zero-order chi connectivity index (χ0) is 10.8. The molecule has 82 valence electrons. The van der Waals surface area contributed by atoms with Gasteiger partial charge < -0.3 is 9.73 Å². The van der Waals surface area contributed by atoms with Crippen molar-refractivity contribution in [3.05, 3.63) is 30.4 Å². The smallest absolute Gasteiger partial charge is 0.247 e. The molecular formula is C11H12N4O. The zero-order valence-corrected chi connectivity index (χ0v) is 8.76. The Labute approximate surface area is 92.9 Å². The molecule has 0 amide bonds. The van der Waals surface area contributed by atoms with Gasteiger partial charge in [0.05, 0.1) is 6.54 Å². The van der Waals surface area contributed by atoms with Crippen molar-refractivity contribution in [1.82, 2.24) is 20.5 Å². The van der Waals surface area contributed by atoms with Crippen LogP contribution in [0.2, 0.25) is 0 Å².